The summed E-state index contributed by atoms with van der Waals surface area (Å²) in [4.78, 5) is 3.95. The third-order valence-electron chi connectivity index (χ3n) is 1.36. The zero-order chi connectivity index (χ0) is 7.98. The molecule has 1 heteroatoms. The molecule has 10 heavy (non-hydrogen) atoms. The summed E-state index contributed by atoms with van der Waals surface area (Å²) in [6, 6.07) is 0. The van der Waals surface area contributed by atoms with Gasteiger partial charge in [0.15, 0.2) is 0 Å². The van der Waals surface area contributed by atoms with E-state index in [1.54, 1.807) is 6.20 Å². The van der Waals surface area contributed by atoms with E-state index in [1.165, 1.54) is 11.1 Å². The van der Waals surface area contributed by atoms with Crippen LogP contribution in [0.1, 0.15) is 27.2 Å². The molecule has 0 aromatic rings. The fourth-order valence-electron chi connectivity index (χ4n) is 0.717. The van der Waals surface area contributed by atoms with Gasteiger partial charge in [0.25, 0.3) is 0 Å². The van der Waals surface area contributed by atoms with Crippen LogP contribution in [0.25, 0.3) is 0 Å². The summed E-state index contributed by atoms with van der Waals surface area (Å²) in [6.45, 7) is 9.81. The minimum absolute atomic E-state index is 1.04. The molecule has 1 nitrogen and oxygen atoms in total. The number of allylic oxidation sites excluding steroid dienone is 2. The molecule has 0 heterocycles. The van der Waals surface area contributed by atoms with Crippen molar-refractivity contribution in [2.45, 2.75) is 27.2 Å². The molecule has 0 aliphatic rings. The average Bonchev–Trinajstić information content (AvgIpc) is 1.89. The molecule has 0 amide bonds. The monoisotopic (exact) mass is 137 g/mol. The highest BCUT2D eigenvalue weighted by atomic mass is 14.7. The first-order valence-electron chi connectivity index (χ1n) is 3.52. The fraction of sp³-hybridized carbons (Fsp3) is 0.444. The number of rotatable bonds is 3. The molecule has 56 valence electrons. The smallest absolute Gasteiger partial charge is 0.0298 e. The second kappa shape index (κ2) is 4.98. The van der Waals surface area contributed by atoms with Gasteiger partial charge in [-0.1, -0.05) is 19.1 Å². The van der Waals surface area contributed by atoms with Crippen LogP contribution in [0.15, 0.2) is 28.9 Å². The van der Waals surface area contributed by atoms with Crippen molar-refractivity contribution in [2.24, 2.45) is 4.99 Å². The first-order valence-corrected chi connectivity index (χ1v) is 3.52. The Bertz CT molecular complexity index is 160. The van der Waals surface area contributed by atoms with Crippen LogP contribution in [-0.4, -0.2) is 6.21 Å². The van der Waals surface area contributed by atoms with Crippen LogP contribution in [0.3, 0.4) is 0 Å². The minimum atomic E-state index is 1.04. The summed E-state index contributed by atoms with van der Waals surface area (Å²) < 4.78 is 0. The molecule has 0 aromatic carbocycles. The lowest BCUT2D eigenvalue weighted by molar-refractivity contribution is 1.13. The Hall–Kier alpha value is -0.850. The fourth-order valence-corrected chi connectivity index (χ4v) is 0.717. The number of hydrogen-bond acceptors (Lipinski definition) is 1. The molecule has 0 saturated carbocycles. The SMILES string of the molecule is C=C/N=C/C(CC)=C(C)C. The molecule has 0 radical (unpaired) electrons. The van der Waals surface area contributed by atoms with Crippen molar-refractivity contribution >= 4 is 6.21 Å². The molecule has 0 atom stereocenters. The van der Waals surface area contributed by atoms with E-state index in [0.717, 1.165) is 6.42 Å². The van der Waals surface area contributed by atoms with E-state index < -0.39 is 0 Å². The molecule has 0 rings (SSSR count). The first kappa shape index (κ1) is 9.15. The molecule has 0 aliphatic carbocycles. The third kappa shape index (κ3) is 3.23. The lowest BCUT2D eigenvalue weighted by atomic mass is 10.1. The summed E-state index contributed by atoms with van der Waals surface area (Å²) in [5.74, 6) is 0. The molecule has 0 spiro atoms. The number of hydrogen-bond donors (Lipinski definition) is 0. The maximum Gasteiger partial charge on any atom is 0.0298 e. The lowest BCUT2D eigenvalue weighted by Gasteiger charge is -1.97. The maximum absolute atomic E-state index is 3.95. The molecular weight excluding hydrogens is 122 g/mol. The van der Waals surface area contributed by atoms with Gasteiger partial charge in [0.2, 0.25) is 0 Å². The second-order valence-corrected chi connectivity index (χ2v) is 2.34. The zero-order valence-electron chi connectivity index (χ0n) is 7.02. The van der Waals surface area contributed by atoms with Gasteiger partial charge in [0.05, 0.1) is 0 Å². The van der Waals surface area contributed by atoms with E-state index in [2.05, 4.69) is 32.3 Å². The standard InChI is InChI=1S/C9H15N/c1-5-9(8(3)4)7-10-6-2/h6-7H,2,5H2,1,3-4H3/b10-7+. The largest absolute Gasteiger partial charge is 0.265 e. The molecule has 0 aliphatic heterocycles. The van der Waals surface area contributed by atoms with E-state index in [4.69, 9.17) is 0 Å². The van der Waals surface area contributed by atoms with E-state index in [9.17, 15) is 0 Å². The maximum atomic E-state index is 3.95. The number of nitrogens with zero attached hydrogens (tertiary/aromatic N) is 1. The van der Waals surface area contributed by atoms with Crippen molar-refractivity contribution in [3.63, 3.8) is 0 Å². The molecule has 0 aromatic heterocycles. The molecular formula is C9H15N. The van der Waals surface area contributed by atoms with Crippen molar-refractivity contribution < 1.29 is 0 Å². The normalized spacial score (nSPS) is 9.90. The van der Waals surface area contributed by atoms with Crippen molar-refractivity contribution in [1.82, 2.24) is 0 Å². The predicted octanol–water partition coefficient (Wildman–Crippen LogP) is 2.95. The van der Waals surface area contributed by atoms with Gasteiger partial charge in [0, 0.05) is 12.4 Å². The van der Waals surface area contributed by atoms with Crippen LogP contribution in [0, 0.1) is 0 Å². The van der Waals surface area contributed by atoms with Crippen molar-refractivity contribution in [1.29, 1.82) is 0 Å². The Morgan fingerprint density at radius 2 is 2.10 bits per heavy atom. The van der Waals surface area contributed by atoms with E-state index in [-0.39, 0.29) is 0 Å². The van der Waals surface area contributed by atoms with Crippen LogP contribution in [0.2, 0.25) is 0 Å². The van der Waals surface area contributed by atoms with Crippen LogP contribution >= 0.6 is 0 Å². The average molecular weight is 137 g/mol. The highest BCUT2D eigenvalue weighted by molar-refractivity contribution is 5.79. The van der Waals surface area contributed by atoms with Crippen molar-refractivity contribution in [3.05, 3.63) is 23.9 Å². The second-order valence-electron chi connectivity index (χ2n) is 2.34. The Balaban J connectivity index is 4.23. The molecule has 0 fully saturated rings. The molecule has 0 unspecified atom stereocenters. The van der Waals surface area contributed by atoms with Crippen molar-refractivity contribution in [3.8, 4) is 0 Å². The number of aliphatic imine (C=N–C) groups is 1. The Kier molecular flexibility index (Phi) is 4.55. The minimum Gasteiger partial charge on any atom is -0.265 e. The Morgan fingerprint density at radius 1 is 1.50 bits per heavy atom. The summed E-state index contributed by atoms with van der Waals surface area (Å²) in [5.41, 5.74) is 2.62. The quantitative estimate of drug-likeness (QED) is 0.530. The summed E-state index contributed by atoms with van der Waals surface area (Å²) in [7, 11) is 0. The van der Waals surface area contributed by atoms with Gasteiger partial charge >= 0.3 is 0 Å². The van der Waals surface area contributed by atoms with Gasteiger partial charge in [-0.25, -0.2) is 0 Å². The molecule has 0 bridgehead atoms. The van der Waals surface area contributed by atoms with Gasteiger partial charge in [-0.3, -0.25) is 4.99 Å². The van der Waals surface area contributed by atoms with Crippen LogP contribution in [0.4, 0.5) is 0 Å². The predicted molar refractivity (Wildman–Crippen MR) is 47.4 cm³/mol. The van der Waals surface area contributed by atoms with Crippen LogP contribution in [-0.2, 0) is 0 Å². The van der Waals surface area contributed by atoms with E-state index in [1.807, 2.05) is 6.21 Å². The highest BCUT2D eigenvalue weighted by Crippen LogP contribution is 2.04. The Labute approximate surface area is 63.2 Å². The van der Waals surface area contributed by atoms with E-state index in [0.29, 0.717) is 0 Å². The lowest BCUT2D eigenvalue weighted by Crippen LogP contribution is -1.84. The van der Waals surface area contributed by atoms with E-state index >= 15 is 0 Å². The van der Waals surface area contributed by atoms with Gasteiger partial charge in [-0.2, -0.15) is 0 Å². The van der Waals surface area contributed by atoms with Gasteiger partial charge in [0.1, 0.15) is 0 Å². The molecule has 0 N–H and O–H groups in total. The van der Waals surface area contributed by atoms with Crippen LogP contribution < -0.4 is 0 Å². The third-order valence-corrected chi connectivity index (χ3v) is 1.36. The van der Waals surface area contributed by atoms with Gasteiger partial charge in [-0.15, -0.1) is 0 Å². The highest BCUT2D eigenvalue weighted by Gasteiger charge is 1.89. The van der Waals surface area contributed by atoms with Gasteiger partial charge < -0.3 is 0 Å². The topological polar surface area (TPSA) is 12.4 Å². The van der Waals surface area contributed by atoms with Gasteiger partial charge in [-0.05, 0) is 25.8 Å². The summed E-state index contributed by atoms with van der Waals surface area (Å²) in [6.07, 6.45) is 4.46. The van der Waals surface area contributed by atoms with Crippen LogP contribution in [0.5, 0.6) is 0 Å². The zero-order valence-corrected chi connectivity index (χ0v) is 7.02. The summed E-state index contributed by atoms with van der Waals surface area (Å²) >= 11 is 0. The molecule has 0 saturated heterocycles. The summed E-state index contributed by atoms with van der Waals surface area (Å²) in [5, 5.41) is 0. The first-order chi connectivity index (χ1) is 4.72. The van der Waals surface area contributed by atoms with Crippen molar-refractivity contribution in [2.75, 3.05) is 0 Å². The Morgan fingerprint density at radius 3 is 2.40 bits per heavy atom.